The molecule has 0 bridgehead atoms. The zero-order valence-electron chi connectivity index (χ0n) is 11.3. The Morgan fingerprint density at radius 3 is 2.32 bits per heavy atom. The van der Waals surface area contributed by atoms with Crippen molar-refractivity contribution in [1.82, 2.24) is 0 Å². The zero-order valence-corrected chi connectivity index (χ0v) is 11.3. The Kier molecular flexibility index (Phi) is 4.35. The van der Waals surface area contributed by atoms with E-state index in [0.29, 0.717) is 0 Å². The molecule has 0 atom stereocenters. The summed E-state index contributed by atoms with van der Waals surface area (Å²) in [6.45, 7) is 0. The molecule has 0 amide bonds. The summed E-state index contributed by atoms with van der Waals surface area (Å²) in [6.07, 6.45) is -4.89. The second-order valence-electron chi connectivity index (χ2n) is 4.23. The first kappa shape index (κ1) is 15.8. The highest BCUT2D eigenvalue weighted by atomic mass is 19.4. The van der Waals surface area contributed by atoms with Gasteiger partial charge in [0.05, 0.1) is 12.7 Å². The third-order valence-corrected chi connectivity index (χ3v) is 2.79. The van der Waals surface area contributed by atoms with Gasteiger partial charge in [-0.3, -0.25) is 0 Å². The number of methoxy groups -OCH3 is 1. The summed E-state index contributed by atoms with van der Waals surface area (Å²) in [4.78, 5) is 11.3. The van der Waals surface area contributed by atoms with Gasteiger partial charge in [0.15, 0.2) is 0 Å². The predicted octanol–water partition coefficient (Wildman–Crippen LogP) is 4.18. The van der Waals surface area contributed by atoms with Gasteiger partial charge >= 0.3 is 12.3 Å². The van der Waals surface area contributed by atoms with Gasteiger partial charge in [0.1, 0.15) is 11.6 Å². The van der Waals surface area contributed by atoms with Crippen LogP contribution in [0.15, 0.2) is 42.5 Å². The van der Waals surface area contributed by atoms with Gasteiger partial charge in [0.2, 0.25) is 0 Å². The quantitative estimate of drug-likeness (QED) is 0.630. The molecule has 3 nitrogen and oxygen atoms in total. The van der Waals surface area contributed by atoms with E-state index in [9.17, 15) is 22.4 Å². The van der Waals surface area contributed by atoms with Gasteiger partial charge < -0.3 is 9.47 Å². The summed E-state index contributed by atoms with van der Waals surface area (Å²) in [5.41, 5.74) is -0.237. The third kappa shape index (κ3) is 3.55. The minimum absolute atomic E-state index is 0.0435. The Hall–Kier alpha value is -2.57. The molecule has 2 rings (SSSR count). The number of halogens is 4. The molecule has 2 aromatic carbocycles. The minimum atomic E-state index is -4.89. The number of esters is 1. The molecular formula is C15H10F4O3. The molecule has 0 spiro atoms. The second-order valence-corrected chi connectivity index (χ2v) is 4.23. The molecule has 22 heavy (non-hydrogen) atoms. The van der Waals surface area contributed by atoms with Crippen LogP contribution in [0.2, 0.25) is 0 Å². The average molecular weight is 314 g/mol. The largest absolute Gasteiger partial charge is 0.573 e. The molecule has 7 heteroatoms. The fourth-order valence-corrected chi connectivity index (χ4v) is 1.88. The highest BCUT2D eigenvalue weighted by Gasteiger charge is 2.32. The maximum Gasteiger partial charge on any atom is 0.573 e. The van der Waals surface area contributed by atoms with Gasteiger partial charge in [-0.1, -0.05) is 24.3 Å². The van der Waals surface area contributed by atoms with Crippen molar-refractivity contribution < 1.29 is 31.8 Å². The molecule has 0 aliphatic heterocycles. The first-order valence-corrected chi connectivity index (χ1v) is 6.05. The zero-order chi connectivity index (χ0) is 16.3. The van der Waals surface area contributed by atoms with Crippen molar-refractivity contribution in [3.05, 3.63) is 53.8 Å². The number of alkyl halides is 3. The van der Waals surface area contributed by atoms with Crippen LogP contribution in [0.25, 0.3) is 11.1 Å². The number of carbonyl (C=O) groups is 1. The van der Waals surface area contributed by atoms with Gasteiger partial charge in [-0.15, -0.1) is 13.2 Å². The van der Waals surface area contributed by atoms with E-state index in [1.54, 1.807) is 0 Å². The smallest absolute Gasteiger partial charge is 0.465 e. The molecule has 0 saturated heterocycles. The molecule has 0 N–H and O–H groups in total. The lowest BCUT2D eigenvalue weighted by atomic mass is 10.0. The standard InChI is InChI=1S/C15H10F4O3/c1-21-14(20)9-6-7-10(12(16)8-9)11-4-2-3-5-13(11)22-15(17,18)19/h2-8H,1H3. The summed E-state index contributed by atoms with van der Waals surface area (Å²) < 4.78 is 59.6. The first-order valence-electron chi connectivity index (χ1n) is 6.05. The van der Waals surface area contributed by atoms with E-state index in [0.717, 1.165) is 19.2 Å². The predicted molar refractivity (Wildman–Crippen MR) is 69.9 cm³/mol. The van der Waals surface area contributed by atoms with E-state index in [1.807, 2.05) is 0 Å². The first-order chi connectivity index (χ1) is 10.3. The Bertz CT molecular complexity index is 695. The van der Waals surface area contributed by atoms with Crippen molar-refractivity contribution in [2.24, 2.45) is 0 Å². The number of carbonyl (C=O) groups excluding carboxylic acids is 1. The Balaban J connectivity index is 2.47. The lowest BCUT2D eigenvalue weighted by molar-refractivity contribution is -0.274. The van der Waals surface area contributed by atoms with Crippen LogP contribution >= 0.6 is 0 Å². The van der Waals surface area contributed by atoms with Crippen LogP contribution in [-0.2, 0) is 4.74 Å². The van der Waals surface area contributed by atoms with E-state index in [-0.39, 0.29) is 16.7 Å². The number of ether oxygens (including phenoxy) is 2. The molecule has 2 aromatic rings. The second kappa shape index (κ2) is 6.05. The summed E-state index contributed by atoms with van der Waals surface area (Å²) in [7, 11) is 1.14. The number of hydrogen-bond acceptors (Lipinski definition) is 3. The summed E-state index contributed by atoms with van der Waals surface area (Å²) in [5.74, 6) is -2.13. The van der Waals surface area contributed by atoms with Crippen LogP contribution in [0.3, 0.4) is 0 Å². The Morgan fingerprint density at radius 1 is 1.05 bits per heavy atom. The van der Waals surface area contributed by atoms with Crippen LogP contribution in [0.5, 0.6) is 5.75 Å². The number of benzene rings is 2. The monoisotopic (exact) mass is 314 g/mol. The van der Waals surface area contributed by atoms with Crippen molar-refractivity contribution in [2.45, 2.75) is 6.36 Å². The molecule has 0 unspecified atom stereocenters. The van der Waals surface area contributed by atoms with Crippen molar-refractivity contribution in [3.63, 3.8) is 0 Å². The van der Waals surface area contributed by atoms with Gasteiger partial charge in [0.25, 0.3) is 0 Å². The molecule has 0 aromatic heterocycles. The lowest BCUT2D eigenvalue weighted by Crippen LogP contribution is -2.17. The fourth-order valence-electron chi connectivity index (χ4n) is 1.88. The van der Waals surface area contributed by atoms with Crippen molar-refractivity contribution in [2.75, 3.05) is 7.11 Å². The van der Waals surface area contributed by atoms with E-state index >= 15 is 0 Å². The third-order valence-electron chi connectivity index (χ3n) is 2.79. The van der Waals surface area contributed by atoms with Crippen molar-refractivity contribution in [1.29, 1.82) is 0 Å². The van der Waals surface area contributed by atoms with Crippen molar-refractivity contribution >= 4 is 5.97 Å². The highest BCUT2D eigenvalue weighted by molar-refractivity contribution is 5.90. The SMILES string of the molecule is COC(=O)c1ccc(-c2ccccc2OC(F)(F)F)c(F)c1. The number of hydrogen-bond donors (Lipinski definition) is 0. The maximum atomic E-state index is 14.1. The maximum absolute atomic E-state index is 14.1. The molecule has 0 radical (unpaired) electrons. The van der Waals surface area contributed by atoms with Gasteiger partial charge in [0, 0.05) is 11.1 Å². The molecule has 0 aliphatic carbocycles. The normalized spacial score (nSPS) is 11.1. The van der Waals surface area contributed by atoms with Gasteiger partial charge in [-0.2, -0.15) is 0 Å². The van der Waals surface area contributed by atoms with Gasteiger partial charge in [-0.25, -0.2) is 9.18 Å². The van der Waals surface area contributed by atoms with E-state index in [4.69, 9.17) is 0 Å². The van der Waals surface area contributed by atoms with Crippen LogP contribution in [-0.4, -0.2) is 19.4 Å². The molecule has 0 aliphatic rings. The molecule has 0 heterocycles. The van der Waals surface area contributed by atoms with E-state index in [2.05, 4.69) is 9.47 Å². The average Bonchev–Trinajstić information content (AvgIpc) is 2.45. The number of para-hydroxylation sites is 1. The molecule has 116 valence electrons. The number of rotatable bonds is 3. The summed E-state index contributed by atoms with van der Waals surface area (Å²) in [5, 5.41) is 0. The van der Waals surface area contributed by atoms with Crippen LogP contribution < -0.4 is 4.74 Å². The van der Waals surface area contributed by atoms with Crippen molar-refractivity contribution in [3.8, 4) is 16.9 Å². The summed E-state index contributed by atoms with van der Waals surface area (Å²) in [6, 6.07) is 8.51. The van der Waals surface area contributed by atoms with E-state index < -0.39 is 23.9 Å². The Morgan fingerprint density at radius 2 is 1.73 bits per heavy atom. The lowest BCUT2D eigenvalue weighted by Gasteiger charge is -2.14. The fraction of sp³-hybridized carbons (Fsp3) is 0.133. The molecule has 0 saturated carbocycles. The van der Waals surface area contributed by atoms with Crippen LogP contribution in [0.4, 0.5) is 17.6 Å². The minimum Gasteiger partial charge on any atom is -0.465 e. The van der Waals surface area contributed by atoms with Crippen LogP contribution in [0, 0.1) is 5.82 Å². The molecular weight excluding hydrogens is 304 g/mol. The highest BCUT2D eigenvalue weighted by Crippen LogP contribution is 2.35. The van der Waals surface area contributed by atoms with Gasteiger partial charge in [-0.05, 0) is 18.2 Å². The summed E-state index contributed by atoms with van der Waals surface area (Å²) >= 11 is 0. The van der Waals surface area contributed by atoms with E-state index in [1.165, 1.54) is 30.3 Å². The Labute approximate surface area is 123 Å². The molecule has 0 fully saturated rings. The topological polar surface area (TPSA) is 35.5 Å². The van der Waals surface area contributed by atoms with Crippen LogP contribution in [0.1, 0.15) is 10.4 Å².